The van der Waals surface area contributed by atoms with E-state index in [1.807, 2.05) is 0 Å². The summed E-state index contributed by atoms with van der Waals surface area (Å²) in [6.07, 6.45) is -0.623. The molecule has 3 nitrogen and oxygen atoms in total. The smallest absolute Gasteiger partial charge is 0.409 e. The number of nitrogens with two attached hydrogens (primary N) is 1. The normalized spacial score (nSPS) is 10.1. The Hall–Kier alpha value is -0.810. The monoisotopic (exact) mass is 295 g/mol. The number of ether oxygens (including phenoxy) is 1. The SMILES string of the molecule is NC(=O)Oc1ccc(Cl)c(F)c1CCBr. The highest BCUT2D eigenvalue weighted by atomic mass is 79.9. The molecule has 0 heterocycles. The Morgan fingerprint density at radius 2 is 2.27 bits per heavy atom. The maximum atomic E-state index is 13.5. The van der Waals surface area contributed by atoms with Crippen molar-refractivity contribution in [2.45, 2.75) is 6.42 Å². The van der Waals surface area contributed by atoms with Crippen LogP contribution in [0.1, 0.15) is 5.56 Å². The Morgan fingerprint density at radius 1 is 1.60 bits per heavy atom. The van der Waals surface area contributed by atoms with Crippen LogP contribution in [0, 0.1) is 5.82 Å². The number of carbonyl (C=O) groups is 1. The van der Waals surface area contributed by atoms with E-state index < -0.39 is 11.9 Å². The summed E-state index contributed by atoms with van der Waals surface area (Å²) in [6, 6.07) is 2.72. The van der Waals surface area contributed by atoms with E-state index in [0.717, 1.165) is 0 Å². The zero-order valence-electron chi connectivity index (χ0n) is 7.60. The highest BCUT2D eigenvalue weighted by Gasteiger charge is 2.14. The van der Waals surface area contributed by atoms with Crippen LogP contribution in [-0.2, 0) is 6.42 Å². The maximum absolute atomic E-state index is 13.5. The summed E-state index contributed by atoms with van der Waals surface area (Å²) in [5, 5.41) is 0.516. The van der Waals surface area contributed by atoms with Crippen LogP contribution in [0.3, 0.4) is 0 Å². The van der Waals surface area contributed by atoms with E-state index in [1.54, 1.807) is 0 Å². The summed E-state index contributed by atoms with van der Waals surface area (Å²) in [5.74, 6) is -0.487. The van der Waals surface area contributed by atoms with Gasteiger partial charge in [-0.1, -0.05) is 27.5 Å². The quantitative estimate of drug-likeness (QED) is 0.872. The molecule has 0 unspecified atom stereocenters. The van der Waals surface area contributed by atoms with Gasteiger partial charge in [0.25, 0.3) is 0 Å². The van der Waals surface area contributed by atoms with Crippen molar-refractivity contribution in [2.24, 2.45) is 5.73 Å². The van der Waals surface area contributed by atoms with Crippen LogP contribution in [0.5, 0.6) is 5.75 Å². The first kappa shape index (κ1) is 12.3. The molecule has 6 heteroatoms. The number of carbonyl (C=O) groups excluding carboxylic acids is 1. The fraction of sp³-hybridized carbons (Fsp3) is 0.222. The van der Waals surface area contributed by atoms with Gasteiger partial charge in [-0.3, -0.25) is 0 Å². The number of primary amides is 1. The Balaban J connectivity index is 3.14. The highest BCUT2D eigenvalue weighted by Crippen LogP contribution is 2.28. The van der Waals surface area contributed by atoms with E-state index >= 15 is 0 Å². The van der Waals surface area contributed by atoms with Crippen LogP contribution >= 0.6 is 27.5 Å². The van der Waals surface area contributed by atoms with Crippen LogP contribution in [0.25, 0.3) is 0 Å². The van der Waals surface area contributed by atoms with Crippen LogP contribution in [0.4, 0.5) is 9.18 Å². The molecule has 15 heavy (non-hydrogen) atoms. The van der Waals surface area contributed by atoms with Crippen molar-refractivity contribution < 1.29 is 13.9 Å². The number of amides is 1. The molecule has 0 spiro atoms. The lowest BCUT2D eigenvalue weighted by atomic mass is 10.1. The molecule has 1 aromatic rings. The Bertz CT molecular complexity index is 387. The average Bonchev–Trinajstić information content (AvgIpc) is 2.17. The van der Waals surface area contributed by atoms with Crippen molar-refractivity contribution in [1.82, 2.24) is 0 Å². The molecule has 2 N–H and O–H groups in total. The molecule has 1 aromatic carbocycles. The van der Waals surface area contributed by atoms with Gasteiger partial charge in [-0.2, -0.15) is 0 Å². The van der Waals surface area contributed by atoms with Crippen molar-refractivity contribution in [3.05, 3.63) is 28.5 Å². The van der Waals surface area contributed by atoms with Crippen LogP contribution in [0.15, 0.2) is 12.1 Å². The lowest BCUT2D eigenvalue weighted by Gasteiger charge is -2.09. The van der Waals surface area contributed by atoms with Gasteiger partial charge in [0.1, 0.15) is 11.6 Å². The second-order valence-corrected chi connectivity index (χ2v) is 3.90. The van der Waals surface area contributed by atoms with Crippen LogP contribution in [0.2, 0.25) is 5.02 Å². The number of hydrogen-bond acceptors (Lipinski definition) is 2. The molecule has 0 saturated carbocycles. The minimum Gasteiger partial charge on any atom is -0.410 e. The molecule has 0 atom stereocenters. The molecule has 0 aliphatic rings. The third kappa shape index (κ3) is 3.07. The summed E-state index contributed by atoms with van der Waals surface area (Å²) < 4.78 is 18.2. The maximum Gasteiger partial charge on any atom is 0.409 e. The lowest BCUT2D eigenvalue weighted by molar-refractivity contribution is 0.210. The first-order chi connectivity index (χ1) is 7.06. The second-order valence-electron chi connectivity index (χ2n) is 2.70. The molecule has 0 radical (unpaired) electrons. The third-order valence-electron chi connectivity index (χ3n) is 1.71. The van der Waals surface area contributed by atoms with Crippen molar-refractivity contribution in [2.75, 3.05) is 5.33 Å². The summed E-state index contributed by atoms with van der Waals surface area (Å²) >= 11 is 8.76. The lowest BCUT2D eigenvalue weighted by Crippen LogP contribution is -2.17. The molecular weight excluding hydrogens is 288 g/mol. The number of rotatable bonds is 3. The van der Waals surface area contributed by atoms with E-state index in [1.165, 1.54) is 12.1 Å². The molecule has 82 valence electrons. The predicted molar refractivity (Wildman–Crippen MR) is 59.1 cm³/mol. The largest absolute Gasteiger partial charge is 0.410 e. The van der Waals surface area contributed by atoms with Gasteiger partial charge in [-0.05, 0) is 18.6 Å². The van der Waals surface area contributed by atoms with Crippen molar-refractivity contribution in [1.29, 1.82) is 0 Å². The summed E-state index contributed by atoms with van der Waals surface area (Å²) in [7, 11) is 0. The van der Waals surface area contributed by atoms with E-state index in [0.29, 0.717) is 11.8 Å². The van der Waals surface area contributed by atoms with Gasteiger partial charge in [0.2, 0.25) is 0 Å². The van der Waals surface area contributed by atoms with Gasteiger partial charge in [-0.15, -0.1) is 0 Å². The van der Waals surface area contributed by atoms with Gasteiger partial charge in [0, 0.05) is 10.9 Å². The third-order valence-corrected chi connectivity index (χ3v) is 2.40. The summed E-state index contributed by atoms with van der Waals surface area (Å²) in [6.45, 7) is 0. The fourth-order valence-corrected chi connectivity index (χ4v) is 1.68. The zero-order valence-corrected chi connectivity index (χ0v) is 9.94. The number of halogens is 3. The fourth-order valence-electron chi connectivity index (χ4n) is 1.11. The minimum atomic E-state index is -0.979. The highest BCUT2D eigenvalue weighted by molar-refractivity contribution is 9.09. The number of alkyl halides is 1. The first-order valence-electron chi connectivity index (χ1n) is 4.06. The van der Waals surface area contributed by atoms with Crippen molar-refractivity contribution in [3.8, 4) is 5.75 Å². The standard InChI is InChI=1S/C9H8BrClFNO2/c10-4-3-5-7(15-9(13)14)2-1-6(11)8(5)12/h1-2H,3-4H2,(H2,13,14). The van der Waals surface area contributed by atoms with Crippen LogP contribution in [-0.4, -0.2) is 11.4 Å². The molecule has 1 rings (SSSR count). The van der Waals surface area contributed by atoms with Gasteiger partial charge < -0.3 is 10.5 Å². The Kier molecular flexibility index (Phi) is 4.35. The Labute approximate surface area is 99.5 Å². The van der Waals surface area contributed by atoms with E-state index in [2.05, 4.69) is 20.7 Å². The topological polar surface area (TPSA) is 52.3 Å². The predicted octanol–water partition coefficient (Wildman–Crippen LogP) is 2.87. The molecular formula is C9H8BrClFNO2. The summed E-state index contributed by atoms with van der Waals surface area (Å²) in [5.41, 5.74) is 5.08. The average molecular weight is 297 g/mol. The van der Waals surface area contributed by atoms with Gasteiger partial charge in [-0.25, -0.2) is 9.18 Å². The number of hydrogen-bond donors (Lipinski definition) is 1. The van der Waals surface area contributed by atoms with Gasteiger partial charge >= 0.3 is 6.09 Å². The molecule has 0 aliphatic carbocycles. The van der Waals surface area contributed by atoms with E-state index in [9.17, 15) is 9.18 Å². The minimum absolute atomic E-state index is 0.0113. The van der Waals surface area contributed by atoms with Crippen molar-refractivity contribution in [3.63, 3.8) is 0 Å². The molecule has 0 bridgehead atoms. The number of benzene rings is 1. The molecule has 0 aromatic heterocycles. The molecule has 0 fully saturated rings. The van der Waals surface area contributed by atoms with E-state index in [4.69, 9.17) is 17.3 Å². The Morgan fingerprint density at radius 3 is 2.80 bits per heavy atom. The molecule has 0 aliphatic heterocycles. The van der Waals surface area contributed by atoms with Crippen LogP contribution < -0.4 is 10.5 Å². The van der Waals surface area contributed by atoms with Gasteiger partial charge in [0.05, 0.1) is 5.02 Å². The first-order valence-corrected chi connectivity index (χ1v) is 5.56. The van der Waals surface area contributed by atoms with Gasteiger partial charge in [0.15, 0.2) is 0 Å². The summed E-state index contributed by atoms with van der Waals surface area (Å²) in [4.78, 5) is 10.6. The zero-order chi connectivity index (χ0) is 11.4. The second kappa shape index (κ2) is 5.32. The molecule has 1 amide bonds. The molecule has 0 saturated heterocycles. The van der Waals surface area contributed by atoms with Crippen molar-refractivity contribution >= 4 is 33.6 Å². The van der Waals surface area contributed by atoms with E-state index in [-0.39, 0.29) is 16.3 Å².